The van der Waals surface area contributed by atoms with Crippen LogP contribution in [-0.4, -0.2) is 29.1 Å². The van der Waals surface area contributed by atoms with E-state index < -0.39 is 5.97 Å². The second-order valence-corrected chi connectivity index (χ2v) is 4.48. The first-order valence-electron chi connectivity index (χ1n) is 5.35. The predicted octanol–water partition coefficient (Wildman–Crippen LogP) is 1.26. The molecule has 0 atom stereocenters. The van der Waals surface area contributed by atoms with Crippen molar-refractivity contribution in [1.29, 1.82) is 0 Å². The highest BCUT2D eigenvalue weighted by atomic mass is 16.6. The normalized spacial score (nSPS) is 19.7. The molecular formula is C11H11NO5. The molecule has 0 saturated heterocycles. The lowest BCUT2D eigenvalue weighted by molar-refractivity contribution is -0.117. The zero-order valence-electron chi connectivity index (χ0n) is 9.23. The molecule has 1 spiro atoms. The Hall–Kier alpha value is -1.98. The molecule has 1 saturated carbocycles. The van der Waals surface area contributed by atoms with Crippen molar-refractivity contribution in [1.82, 2.24) is 0 Å². The smallest absolute Gasteiger partial charge is 0.372 e. The number of hydrogen-bond donors (Lipinski definition) is 1. The molecule has 0 aromatic carbocycles. The molecule has 1 fully saturated rings. The monoisotopic (exact) mass is 237 g/mol. The maximum absolute atomic E-state index is 11.5. The maximum Gasteiger partial charge on any atom is 0.372 e. The van der Waals surface area contributed by atoms with Gasteiger partial charge in [0, 0.05) is 13.0 Å². The maximum atomic E-state index is 11.5. The molecule has 0 unspecified atom stereocenters. The summed E-state index contributed by atoms with van der Waals surface area (Å²) in [6.07, 6.45) is 1.72. The number of carbonyl (C=O) groups is 2. The molecule has 1 amide bonds. The van der Waals surface area contributed by atoms with E-state index in [0.717, 1.165) is 12.8 Å². The number of aromatic carboxylic acids is 1. The van der Waals surface area contributed by atoms with Crippen LogP contribution in [0, 0.1) is 0 Å². The molecule has 2 aliphatic rings. The van der Waals surface area contributed by atoms with Gasteiger partial charge in [0.05, 0.1) is 6.54 Å². The van der Waals surface area contributed by atoms with Gasteiger partial charge in [-0.05, 0) is 12.8 Å². The van der Waals surface area contributed by atoms with E-state index in [2.05, 4.69) is 0 Å². The van der Waals surface area contributed by atoms with Gasteiger partial charge in [0.2, 0.25) is 11.7 Å². The van der Waals surface area contributed by atoms with E-state index in [1.54, 1.807) is 0 Å². The van der Waals surface area contributed by atoms with Crippen LogP contribution in [0.4, 0.5) is 5.69 Å². The van der Waals surface area contributed by atoms with Gasteiger partial charge in [0.15, 0.2) is 0 Å². The summed E-state index contributed by atoms with van der Waals surface area (Å²) < 4.78 is 10.7. The van der Waals surface area contributed by atoms with E-state index in [1.807, 2.05) is 0 Å². The van der Waals surface area contributed by atoms with E-state index in [0.29, 0.717) is 12.2 Å². The van der Waals surface area contributed by atoms with Crippen molar-refractivity contribution >= 4 is 17.6 Å². The van der Waals surface area contributed by atoms with Crippen LogP contribution in [-0.2, 0) is 4.79 Å². The van der Waals surface area contributed by atoms with Crippen molar-refractivity contribution in [3.63, 3.8) is 0 Å². The molecule has 3 rings (SSSR count). The summed E-state index contributed by atoms with van der Waals surface area (Å²) in [4.78, 5) is 23.9. The minimum absolute atomic E-state index is 0.140. The molecule has 1 aliphatic carbocycles. The molecule has 1 aromatic rings. The second kappa shape index (κ2) is 3.03. The van der Waals surface area contributed by atoms with Crippen molar-refractivity contribution in [3.8, 4) is 5.95 Å². The fourth-order valence-electron chi connectivity index (χ4n) is 2.01. The number of carboxylic acids is 1. The summed E-state index contributed by atoms with van der Waals surface area (Å²) in [5, 5.41) is 8.85. The number of amides is 1. The predicted molar refractivity (Wildman–Crippen MR) is 56.3 cm³/mol. The molecule has 0 radical (unpaired) electrons. The SMILES string of the molecule is CC(=O)N1CC2(CC2)Oc2oc(C(=O)O)cc21. The van der Waals surface area contributed by atoms with Gasteiger partial charge in [-0.3, -0.25) is 4.79 Å². The quantitative estimate of drug-likeness (QED) is 0.795. The number of ether oxygens (including phenoxy) is 1. The van der Waals surface area contributed by atoms with Gasteiger partial charge in [0.25, 0.3) is 0 Å². The topological polar surface area (TPSA) is 80.0 Å². The van der Waals surface area contributed by atoms with Crippen molar-refractivity contribution < 1.29 is 23.8 Å². The Bertz CT molecular complexity index is 514. The van der Waals surface area contributed by atoms with Gasteiger partial charge < -0.3 is 19.2 Å². The summed E-state index contributed by atoms with van der Waals surface area (Å²) in [7, 11) is 0. The van der Waals surface area contributed by atoms with Crippen LogP contribution < -0.4 is 9.64 Å². The summed E-state index contributed by atoms with van der Waals surface area (Å²) in [5.41, 5.74) is 0.0548. The van der Waals surface area contributed by atoms with Crippen LogP contribution in [0.15, 0.2) is 10.5 Å². The van der Waals surface area contributed by atoms with Crippen LogP contribution >= 0.6 is 0 Å². The number of furan rings is 1. The van der Waals surface area contributed by atoms with Gasteiger partial charge >= 0.3 is 11.9 Å². The number of carboxylic acid groups (broad SMARTS) is 1. The minimum Gasteiger partial charge on any atom is -0.475 e. The van der Waals surface area contributed by atoms with E-state index in [1.165, 1.54) is 17.9 Å². The van der Waals surface area contributed by atoms with Crippen molar-refractivity contribution in [2.24, 2.45) is 0 Å². The Morgan fingerprint density at radius 2 is 2.18 bits per heavy atom. The summed E-state index contributed by atoms with van der Waals surface area (Å²) in [6.45, 7) is 1.91. The number of nitrogens with zero attached hydrogens (tertiary/aromatic N) is 1. The molecule has 17 heavy (non-hydrogen) atoms. The van der Waals surface area contributed by atoms with E-state index in [4.69, 9.17) is 14.3 Å². The van der Waals surface area contributed by atoms with Gasteiger partial charge in [-0.15, -0.1) is 0 Å². The highest BCUT2D eigenvalue weighted by molar-refractivity contribution is 5.95. The first-order chi connectivity index (χ1) is 8.01. The zero-order valence-corrected chi connectivity index (χ0v) is 9.23. The van der Waals surface area contributed by atoms with Gasteiger partial charge in [-0.25, -0.2) is 4.79 Å². The Morgan fingerprint density at radius 3 is 2.71 bits per heavy atom. The van der Waals surface area contributed by atoms with Crippen molar-refractivity contribution in [2.75, 3.05) is 11.4 Å². The molecule has 90 valence electrons. The van der Waals surface area contributed by atoms with Crippen LogP contribution in [0.2, 0.25) is 0 Å². The van der Waals surface area contributed by atoms with E-state index in [-0.39, 0.29) is 23.2 Å². The lowest BCUT2D eigenvalue weighted by atomic mass is 10.2. The lowest BCUT2D eigenvalue weighted by Gasteiger charge is -2.31. The van der Waals surface area contributed by atoms with Crippen LogP contribution in [0.1, 0.15) is 30.3 Å². The Labute approximate surface area is 96.8 Å². The van der Waals surface area contributed by atoms with E-state index >= 15 is 0 Å². The zero-order chi connectivity index (χ0) is 12.2. The third-order valence-electron chi connectivity index (χ3n) is 3.12. The fraction of sp³-hybridized carbons (Fsp3) is 0.455. The van der Waals surface area contributed by atoms with Crippen LogP contribution in [0.25, 0.3) is 0 Å². The number of fused-ring (bicyclic) bond motifs is 1. The first kappa shape index (κ1) is 10.2. The standard InChI is InChI=1S/C11H11NO5/c1-6(13)12-5-11(2-3-11)17-10-7(12)4-8(16-10)9(14)15/h4H,2-3,5H2,1H3,(H,14,15). The molecule has 6 nitrogen and oxygen atoms in total. The first-order valence-corrected chi connectivity index (χ1v) is 5.35. The molecular weight excluding hydrogens is 226 g/mol. The van der Waals surface area contributed by atoms with Crippen molar-refractivity contribution in [3.05, 3.63) is 11.8 Å². The average Bonchev–Trinajstić information content (AvgIpc) is 2.85. The largest absolute Gasteiger partial charge is 0.475 e. The number of hydrogen-bond acceptors (Lipinski definition) is 4. The third-order valence-corrected chi connectivity index (χ3v) is 3.12. The van der Waals surface area contributed by atoms with Crippen LogP contribution in [0.5, 0.6) is 5.95 Å². The highest BCUT2D eigenvalue weighted by Crippen LogP contribution is 2.49. The number of carbonyl (C=O) groups excluding carboxylic acids is 1. The van der Waals surface area contributed by atoms with Gasteiger partial charge in [0.1, 0.15) is 11.3 Å². The molecule has 1 N–H and O–H groups in total. The number of anilines is 1. The Morgan fingerprint density at radius 1 is 1.47 bits per heavy atom. The van der Waals surface area contributed by atoms with E-state index in [9.17, 15) is 9.59 Å². The average molecular weight is 237 g/mol. The lowest BCUT2D eigenvalue weighted by Crippen LogP contribution is -2.43. The molecule has 0 bridgehead atoms. The third kappa shape index (κ3) is 1.48. The molecule has 1 aromatic heterocycles. The molecule has 6 heteroatoms. The molecule has 1 aliphatic heterocycles. The Kier molecular flexibility index (Phi) is 1.81. The highest BCUT2D eigenvalue weighted by Gasteiger charge is 2.52. The Balaban J connectivity index is 2.05. The van der Waals surface area contributed by atoms with Gasteiger partial charge in [-0.1, -0.05) is 0 Å². The summed E-state index contributed by atoms with van der Waals surface area (Å²) in [5.74, 6) is -1.38. The number of rotatable bonds is 1. The minimum atomic E-state index is -1.17. The fourth-order valence-corrected chi connectivity index (χ4v) is 2.01. The second-order valence-electron chi connectivity index (χ2n) is 4.48. The summed E-state index contributed by atoms with van der Waals surface area (Å²) >= 11 is 0. The van der Waals surface area contributed by atoms with Gasteiger partial charge in [-0.2, -0.15) is 0 Å². The van der Waals surface area contributed by atoms with Crippen molar-refractivity contribution in [2.45, 2.75) is 25.4 Å². The van der Waals surface area contributed by atoms with Crippen LogP contribution in [0.3, 0.4) is 0 Å². The molecule has 2 heterocycles. The summed E-state index contributed by atoms with van der Waals surface area (Å²) in [6, 6.07) is 1.33.